The molecule has 1 aromatic heterocycles. The van der Waals surface area contributed by atoms with Crippen molar-refractivity contribution in [2.24, 2.45) is 0 Å². The largest absolute Gasteiger partial charge is 0.476 e. The number of aromatic amines is 1. The van der Waals surface area contributed by atoms with Crippen LogP contribution in [0.3, 0.4) is 0 Å². The van der Waals surface area contributed by atoms with E-state index in [1.54, 1.807) is 13.8 Å². The Kier molecular flexibility index (Phi) is 3.76. The molecule has 2 N–H and O–H groups in total. The van der Waals surface area contributed by atoms with Gasteiger partial charge in [-0.25, -0.2) is 9.78 Å². The molecule has 4 nitrogen and oxygen atoms in total. The van der Waals surface area contributed by atoms with Gasteiger partial charge in [0.25, 0.3) is 0 Å². The van der Waals surface area contributed by atoms with Gasteiger partial charge in [-0.1, -0.05) is 26.0 Å². The summed E-state index contributed by atoms with van der Waals surface area (Å²) in [5, 5.41) is 9.09. The second-order valence-corrected chi connectivity index (χ2v) is 4.88. The van der Waals surface area contributed by atoms with Crippen LogP contribution in [0.1, 0.15) is 41.5 Å². The Morgan fingerprint density at radius 1 is 1.24 bits per heavy atom. The summed E-state index contributed by atoms with van der Waals surface area (Å²) in [7, 11) is 0. The summed E-state index contributed by atoms with van der Waals surface area (Å²) in [4.78, 5) is 17.9. The second kappa shape index (κ2) is 5.23. The van der Waals surface area contributed by atoms with Crippen molar-refractivity contribution in [3.8, 4) is 11.4 Å². The summed E-state index contributed by atoms with van der Waals surface area (Å²) in [6.45, 7) is 3.60. The number of hydrogen-bond donors (Lipinski definition) is 2. The Morgan fingerprint density at radius 2 is 1.81 bits per heavy atom. The van der Waals surface area contributed by atoms with Crippen LogP contribution < -0.4 is 0 Å². The molecule has 2 rings (SSSR count). The predicted octanol–water partition coefficient (Wildman–Crippen LogP) is 3.92. The lowest BCUT2D eigenvalue weighted by Crippen LogP contribution is -2.04. The Balaban J connectivity index is 2.43. The Bertz CT molecular complexity index is 658. The Hall–Kier alpha value is -2.31. The van der Waals surface area contributed by atoms with Crippen LogP contribution in [0.5, 0.6) is 0 Å². The number of nitrogens with one attached hydrogen (secondary N) is 1. The average Bonchev–Trinajstić information content (AvgIpc) is 2.83. The standard InChI is InChI=1S/C14H13F3N2O2/c1-7(2)10-11(13(20)21)19-12(18-10)8-3-5-9(6-4-8)14(15,16)17/h3-7H,1-2H3,(H,18,19)(H,20,21). The number of alkyl halides is 3. The fraction of sp³-hybridized carbons (Fsp3) is 0.286. The highest BCUT2D eigenvalue weighted by atomic mass is 19.4. The maximum Gasteiger partial charge on any atom is 0.416 e. The fourth-order valence-electron chi connectivity index (χ4n) is 1.92. The molecule has 0 unspecified atom stereocenters. The molecule has 0 aliphatic rings. The molecule has 0 atom stereocenters. The molecule has 2 aromatic rings. The average molecular weight is 298 g/mol. The molecular formula is C14H13F3N2O2. The van der Waals surface area contributed by atoms with Gasteiger partial charge in [0, 0.05) is 5.56 Å². The number of aromatic carboxylic acids is 1. The quantitative estimate of drug-likeness (QED) is 0.902. The number of carboxylic acid groups (broad SMARTS) is 1. The Labute approximate surface area is 118 Å². The summed E-state index contributed by atoms with van der Waals surface area (Å²) in [6.07, 6.45) is -4.41. The third-order valence-electron chi connectivity index (χ3n) is 3.00. The van der Waals surface area contributed by atoms with Crippen LogP contribution in [-0.2, 0) is 6.18 Å². The molecule has 112 valence electrons. The lowest BCUT2D eigenvalue weighted by molar-refractivity contribution is -0.137. The van der Waals surface area contributed by atoms with Crippen LogP contribution in [0.4, 0.5) is 13.2 Å². The van der Waals surface area contributed by atoms with Crippen molar-refractivity contribution in [1.29, 1.82) is 0 Å². The number of aromatic nitrogens is 2. The molecule has 0 bridgehead atoms. The van der Waals surface area contributed by atoms with Gasteiger partial charge in [0.05, 0.1) is 11.3 Å². The molecule has 1 aromatic carbocycles. The molecule has 7 heteroatoms. The number of rotatable bonds is 3. The smallest absolute Gasteiger partial charge is 0.416 e. The monoisotopic (exact) mass is 298 g/mol. The lowest BCUT2D eigenvalue weighted by Gasteiger charge is -2.06. The van der Waals surface area contributed by atoms with E-state index in [0.29, 0.717) is 11.3 Å². The van der Waals surface area contributed by atoms with E-state index in [4.69, 9.17) is 5.11 Å². The zero-order chi connectivity index (χ0) is 15.8. The molecular weight excluding hydrogens is 285 g/mol. The van der Waals surface area contributed by atoms with Gasteiger partial charge in [-0.15, -0.1) is 0 Å². The number of halogens is 3. The van der Waals surface area contributed by atoms with E-state index in [0.717, 1.165) is 12.1 Å². The number of benzene rings is 1. The Morgan fingerprint density at radius 3 is 2.19 bits per heavy atom. The first-order valence-electron chi connectivity index (χ1n) is 6.21. The van der Waals surface area contributed by atoms with E-state index in [9.17, 15) is 18.0 Å². The van der Waals surface area contributed by atoms with Gasteiger partial charge in [0.15, 0.2) is 5.69 Å². The van der Waals surface area contributed by atoms with Crippen LogP contribution in [0.2, 0.25) is 0 Å². The number of H-pyrrole nitrogens is 1. The van der Waals surface area contributed by atoms with Gasteiger partial charge in [-0.2, -0.15) is 13.2 Å². The number of hydrogen-bond acceptors (Lipinski definition) is 2. The summed E-state index contributed by atoms with van der Waals surface area (Å²) in [6, 6.07) is 4.40. The normalized spacial score (nSPS) is 11.9. The summed E-state index contributed by atoms with van der Waals surface area (Å²) < 4.78 is 37.5. The third-order valence-corrected chi connectivity index (χ3v) is 3.00. The van der Waals surface area contributed by atoms with E-state index in [2.05, 4.69) is 9.97 Å². The van der Waals surface area contributed by atoms with E-state index >= 15 is 0 Å². The molecule has 1 heterocycles. The van der Waals surface area contributed by atoms with Gasteiger partial charge in [-0.3, -0.25) is 0 Å². The topological polar surface area (TPSA) is 66.0 Å². The molecule has 0 saturated heterocycles. The first-order chi connectivity index (χ1) is 9.70. The molecule has 0 radical (unpaired) electrons. The van der Waals surface area contributed by atoms with Crippen molar-refractivity contribution in [3.05, 3.63) is 41.2 Å². The van der Waals surface area contributed by atoms with Crippen LogP contribution in [0.15, 0.2) is 24.3 Å². The lowest BCUT2D eigenvalue weighted by atomic mass is 10.1. The molecule has 0 aliphatic heterocycles. The van der Waals surface area contributed by atoms with Gasteiger partial charge in [0.2, 0.25) is 0 Å². The second-order valence-electron chi connectivity index (χ2n) is 4.88. The van der Waals surface area contributed by atoms with Gasteiger partial charge in [-0.05, 0) is 18.1 Å². The summed E-state index contributed by atoms with van der Waals surface area (Å²) in [5.41, 5.74) is -0.0324. The van der Waals surface area contributed by atoms with Crippen molar-refractivity contribution in [2.75, 3.05) is 0 Å². The van der Waals surface area contributed by atoms with Crippen LogP contribution in [-0.4, -0.2) is 21.0 Å². The van der Waals surface area contributed by atoms with Crippen molar-refractivity contribution in [2.45, 2.75) is 25.9 Å². The first kappa shape index (κ1) is 15.1. The van der Waals surface area contributed by atoms with E-state index in [1.165, 1.54) is 12.1 Å². The number of carbonyl (C=O) groups is 1. The van der Waals surface area contributed by atoms with E-state index in [1.807, 2.05) is 0 Å². The third kappa shape index (κ3) is 3.07. The SMILES string of the molecule is CC(C)c1[nH]c(-c2ccc(C(F)(F)F)cc2)nc1C(=O)O. The minimum Gasteiger partial charge on any atom is -0.476 e. The zero-order valence-electron chi connectivity index (χ0n) is 11.3. The van der Waals surface area contributed by atoms with Crippen molar-refractivity contribution in [1.82, 2.24) is 9.97 Å². The number of carboxylic acids is 1. The van der Waals surface area contributed by atoms with Gasteiger partial charge in [0.1, 0.15) is 5.82 Å². The summed E-state index contributed by atoms with van der Waals surface area (Å²) in [5.74, 6) is -1.02. The summed E-state index contributed by atoms with van der Waals surface area (Å²) >= 11 is 0. The molecule has 0 aliphatic carbocycles. The predicted molar refractivity (Wildman–Crippen MR) is 70.1 cm³/mol. The number of imidazole rings is 1. The van der Waals surface area contributed by atoms with Crippen LogP contribution >= 0.6 is 0 Å². The van der Waals surface area contributed by atoms with Crippen LogP contribution in [0, 0.1) is 0 Å². The molecule has 0 spiro atoms. The highest BCUT2D eigenvalue weighted by Gasteiger charge is 2.30. The highest BCUT2D eigenvalue weighted by molar-refractivity contribution is 5.88. The minimum atomic E-state index is -4.41. The first-order valence-corrected chi connectivity index (χ1v) is 6.21. The van der Waals surface area contributed by atoms with Gasteiger partial charge < -0.3 is 10.1 Å². The molecule has 21 heavy (non-hydrogen) atoms. The maximum atomic E-state index is 12.5. The van der Waals surface area contributed by atoms with Crippen LogP contribution in [0.25, 0.3) is 11.4 Å². The number of nitrogens with zero attached hydrogens (tertiary/aromatic N) is 1. The fourth-order valence-corrected chi connectivity index (χ4v) is 1.92. The molecule has 0 saturated carbocycles. The van der Waals surface area contributed by atoms with E-state index in [-0.39, 0.29) is 17.4 Å². The van der Waals surface area contributed by atoms with Gasteiger partial charge >= 0.3 is 12.1 Å². The van der Waals surface area contributed by atoms with Crippen molar-refractivity contribution >= 4 is 5.97 Å². The molecule has 0 fully saturated rings. The van der Waals surface area contributed by atoms with Crippen molar-refractivity contribution < 1.29 is 23.1 Å². The minimum absolute atomic E-state index is 0.0909. The zero-order valence-corrected chi connectivity index (χ0v) is 11.3. The highest BCUT2D eigenvalue weighted by Crippen LogP contribution is 2.31. The van der Waals surface area contributed by atoms with E-state index < -0.39 is 17.7 Å². The molecule has 0 amide bonds. The van der Waals surface area contributed by atoms with Crippen molar-refractivity contribution in [3.63, 3.8) is 0 Å². The maximum absolute atomic E-state index is 12.5.